The van der Waals surface area contributed by atoms with E-state index >= 15 is 0 Å². The van der Waals surface area contributed by atoms with Crippen LogP contribution in [0.1, 0.15) is 44.9 Å². The maximum Gasteiger partial charge on any atom is 0.251 e. The molecule has 2 amide bonds. The molecule has 138 valence electrons. The van der Waals surface area contributed by atoms with Gasteiger partial charge in [-0.15, -0.1) is 12.4 Å². The molecule has 6 nitrogen and oxygen atoms in total. The van der Waals surface area contributed by atoms with Crippen LogP contribution in [0.3, 0.4) is 0 Å². The minimum Gasteiger partial charge on any atom is -0.368 e. The van der Waals surface area contributed by atoms with Crippen LogP contribution in [-0.4, -0.2) is 61.6 Å². The first kappa shape index (κ1) is 19.5. The third-order valence-electron chi connectivity index (χ3n) is 5.23. The van der Waals surface area contributed by atoms with E-state index in [4.69, 9.17) is 4.74 Å². The normalized spacial score (nSPS) is 30.5. The molecular weight excluding hydrogens is 330 g/mol. The topological polar surface area (TPSA) is 70.7 Å². The van der Waals surface area contributed by atoms with Crippen molar-refractivity contribution in [2.45, 2.75) is 57.1 Å². The second-order valence-electron chi connectivity index (χ2n) is 7.04. The number of rotatable bonds is 4. The molecule has 3 fully saturated rings. The van der Waals surface area contributed by atoms with E-state index in [2.05, 4.69) is 10.6 Å². The van der Waals surface area contributed by atoms with Crippen molar-refractivity contribution in [3.63, 3.8) is 0 Å². The molecule has 2 N–H and O–H groups in total. The first-order chi connectivity index (χ1) is 11.2. The van der Waals surface area contributed by atoms with Gasteiger partial charge in [0.15, 0.2) is 0 Å². The van der Waals surface area contributed by atoms with Gasteiger partial charge < -0.3 is 20.3 Å². The van der Waals surface area contributed by atoms with E-state index in [-0.39, 0.29) is 36.4 Å². The zero-order chi connectivity index (χ0) is 16.1. The Bertz CT molecular complexity index is 423. The van der Waals surface area contributed by atoms with Crippen molar-refractivity contribution in [2.75, 3.05) is 32.8 Å². The van der Waals surface area contributed by atoms with E-state index in [1.807, 2.05) is 4.90 Å². The molecule has 3 aliphatic rings. The summed E-state index contributed by atoms with van der Waals surface area (Å²) in [6, 6.07) is -0.0213. The Morgan fingerprint density at radius 3 is 2.71 bits per heavy atom. The SMILES string of the molecule is Cl.O=C(NCC1CCCN(C(=O)C2CCCCO2)C1)C1CCCN1. The number of piperidine rings is 1. The molecule has 0 aromatic rings. The largest absolute Gasteiger partial charge is 0.368 e. The van der Waals surface area contributed by atoms with Crippen molar-refractivity contribution in [2.24, 2.45) is 5.92 Å². The molecule has 0 saturated carbocycles. The van der Waals surface area contributed by atoms with Crippen molar-refractivity contribution in [1.29, 1.82) is 0 Å². The summed E-state index contributed by atoms with van der Waals surface area (Å²) in [6.07, 6.45) is 6.86. The van der Waals surface area contributed by atoms with Gasteiger partial charge in [0.1, 0.15) is 6.10 Å². The monoisotopic (exact) mass is 359 g/mol. The Kier molecular flexibility index (Phi) is 7.78. The predicted molar refractivity (Wildman–Crippen MR) is 94.2 cm³/mol. The molecule has 3 saturated heterocycles. The number of hydrogen-bond acceptors (Lipinski definition) is 4. The molecule has 7 heteroatoms. The summed E-state index contributed by atoms with van der Waals surface area (Å²) in [5.74, 6) is 0.626. The van der Waals surface area contributed by atoms with E-state index in [1.54, 1.807) is 0 Å². The molecule has 0 bridgehead atoms. The minimum atomic E-state index is -0.236. The molecule has 3 unspecified atom stereocenters. The molecular formula is C17H30ClN3O3. The minimum absolute atomic E-state index is 0. The first-order valence-electron chi connectivity index (χ1n) is 9.15. The maximum absolute atomic E-state index is 12.5. The van der Waals surface area contributed by atoms with E-state index in [0.29, 0.717) is 19.1 Å². The predicted octanol–water partition coefficient (Wildman–Crippen LogP) is 1.08. The number of likely N-dealkylation sites (tertiary alicyclic amines) is 1. The van der Waals surface area contributed by atoms with Crippen LogP contribution in [-0.2, 0) is 14.3 Å². The molecule has 3 heterocycles. The standard InChI is InChI=1S/C17H29N3O3.ClH/c21-16(14-6-3-8-18-14)19-11-13-5-4-9-20(12-13)17(22)15-7-1-2-10-23-15;/h13-15,18H,1-12H2,(H,19,21);1H. The number of nitrogens with zero attached hydrogens (tertiary/aromatic N) is 1. The summed E-state index contributed by atoms with van der Waals surface area (Å²) in [7, 11) is 0. The summed E-state index contributed by atoms with van der Waals surface area (Å²) < 4.78 is 5.62. The highest BCUT2D eigenvalue weighted by Crippen LogP contribution is 2.21. The number of halogens is 1. The van der Waals surface area contributed by atoms with Gasteiger partial charge in [0.2, 0.25) is 5.91 Å². The van der Waals surface area contributed by atoms with Gasteiger partial charge >= 0.3 is 0 Å². The van der Waals surface area contributed by atoms with Crippen LogP contribution >= 0.6 is 12.4 Å². The molecule has 0 aromatic carbocycles. The Morgan fingerprint density at radius 2 is 2.00 bits per heavy atom. The van der Waals surface area contributed by atoms with Gasteiger partial charge in [-0.3, -0.25) is 9.59 Å². The number of nitrogens with one attached hydrogen (secondary N) is 2. The van der Waals surface area contributed by atoms with Crippen LogP contribution in [0, 0.1) is 5.92 Å². The lowest BCUT2D eigenvalue weighted by Crippen LogP contribution is -2.49. The number of carbonyl (C=O) groups is 2. The maximum atomic E-state index is 12.5. The lowest BCUT2D eigenvalue weighted by Gasteiger charge is -2.36. The number of amides is 2. The van der Waals surface area contributed by atoms with Crippen molar-refractivity contribution in [3.8, 4) is 0 Å². The second kappa shape index (κ2) is 9.59. The van der Waals surface area contributed by atoms with Gasteiger partial charge in [0.25, 0.3) is 5.91 Å². The zero-order valence-electron chi connectivity index (χ0n) is 14.3. The van der Waals surface area contributed by atoms with E-state index < -0.39 is 0 Å². The molecule has 3 rings (SSSR count). The lowest BCUT2D eigenvalue weighted by atomic mass is 9.96. The van der Waals surface area contributed by atoms with Crippen molar-refractivity contribution in [1.82, 2.24) is 15.5 Å². The van der Waals surface area contributed by atoms with Crippen molar-refractivity contribution in [3.05, 3.63) is 0 Å². The molecule has 3 aliphatic heterocycles. The fourth-order valence-electron chi connectivity index (χ4n) is 3.85. The van der Waals surface area contributed by atoms with Crippen LogP contribution in [0.5, 0.6) is 0 Å². The van der Waals surface area contributed by atoms with Crippen LogP contribution in [0.15, 0.2) is 0 Å². The average Bonchev–Trinajstić information content (AvgIpc) is 3.15. The zero-order valence-corrected chi connectivity index (χ0v) is 15.1. The second-order valence-corrected chi connectivity index (χ2v) is 7.04. The van der Waals surface area contributed by atoms with Crippen LogP contribution in [0.25, 0.3) is 0 Å². The highest BCUT2D eigenvalue weighted by Gasteiger charge is 2.31. The summed E-state index contributed by atoms with van der Waals surface area (Å²) in [4.78, 5) is 26.6. The van der Waals surface area contributed by atoms with E-state index in [0.717, 1.165) is 64.6 Å². The summed E-state index contributed by atoms with van der Waals surface area (Å²) in [5.41, 5.74) is 0. The number of ether oxygens (including phenoxy) is 1. The van der Waals surface area contributed by atoms with Crippen LogP contribution in [0.4, 0.5) is 0 Å². The fraction of sp³-hybridized carbons (Fsp3) is 0.882. The molecule has 3 atom stereocenters. The molecule has 24 heavy (non-hydrogen) atoms. The lowest BCUT2D eigenvalue weighted by molar-refractivity contribution is -0.148. The molecule has 0 spiro atoms. The van der Waals surface area contributed by atoms with Crippen LogP contribution in [0.2, 0.25) is 0 Å². The molecule has 0 aromatic heterocycles. The average molecular weight is 360 g/mol. The summed E-state index contributed by atoms with van der Waals surface area (Å²) >= 11 is 0. The van der Waals surface area contributed by atoms with Crippen molar-refractivity contribution < 1.29 is 14.3 Å². The summed E-state index contributed by atoms with van der Waals surface area (Å²) in [5, 5.41) is 6.28. The highest BCUT2D eigenvalue weighted by molar-refractivity contribution is 5.85. The van der Waals surface area contributed by atoms with Gasteiger partial charge in [-0.2, -0.15) is 0 Å². The Hall–Kier alpha value is -0.850. The summed E-state index contributed by atoms with van der Waals surface area (Å²) in [6.45, 7) is 3.89. The Labute approximate surface area is 150 Å². The Morgan fingerprint density at radius 1 is 1.12 bits per heavy atom. The van der Waals surface area contributed by atoms with Gasteiger partial charge in [0, 0.05) is 26.2 Å². The third kappa shape index (κ3) is 5.07. The van der Waals surface area contributed by atoms with Gasteiger partial charge in [-0.1, -0.05) is 0 Å². The van der Waals surface area contributed by atoms with Gasteiger partial charge in [0.05, 0.1) is 6.04 Å². The van der Waals surface area contributed by atoms with E-state index in [9.17, 15) is 9.59 Å². The number of carbonyl (C=O) groups excluding carboxylic acids is 2. The van der Waals surface area contributed by atoms with Crippen LogP contribution < -0.4 is 10.6 Å². The van der Waals surface area contributed by atoms with Gasteiger partial charge in [-0.25, -0.2) is 0 Å². The third-order valence-corrected chi connectivity index (χ3v) is 5.23. The Balaban J connectivity index is 0.00000208. The molecule has 0 radical (unpaired) electrons. The smallest absolute Gasteiger partial charge is 0.251 e. The highest BCUT2D eigenvalue weighted by atomic mass is 35.5. The quantitative estimate of drug-likeness (QED) is 0.788. The number of hydrogen-bond donors (Lipinski definition) is 2. The first-order valence-corrected chi connectivity index (χ1v) is 9.15. The van der Waals surface area contributed by atoms with Gasteiger partial charge in [-0.05, 0) is 57.4 Å². The fourth-order valence-corrected chi connectivity index (χ4v) is 3.85. The van der Waals surface area contributed by atoms with Crippen molar-refractivity contribution >= 4 is 24.2 Å². The molecule has 0 aliphatic carbocycles. The van der Waals surface area contributed by atoms with E-state index in [1.165, 1.54) is 0 Å².